The van der Waals surface area contributed by atoms with Gasteiger partial charge >= 0.3 is 0 Å². The van der Waals surface area contributed by atoms with Crippen LogP contribution in [0.1, 0.15) is 46.0 Å². The molecule has 1 atom stereocenters. The maximum atomic E-state index is 11.9. The van der Waals surface area contributed by atoms with E-state index < -0.39 is 9.73 Å². The summed E-state index contributed by atoms with van der Waals surface area (Å²) in [4.78, 5) is 0. The molecule has 0 spiro atoms. The second kappa shape index (κ2) is 3.77. The molecule has 0 saturated heterocycles. The lowest BCUT2D eigenvalue weighted by molar-refractivity contribution is 0.499. The Labute approximate surface area is 75.7 Å². The average Bonchev–Trinajstić information content (AvgIpc) is 2.06. The number of hydrogen-bond donors (Lipinski definition) is 1. The normalized spacial score (nSPS) is 25.6. The van der Waals surface area contributed by atoms with Crippen molar-refractivity contribution in [2.45, 2.75) is 56.5 Å². The monoisotopic (exact) mass is 189 g/mol. The molecule has 1 aliphatic carbocycles. The molecule has 12 heavy (non-hydrogen) atoms. The van der Waals surface area contributed by atoms with Crippen LogP contribution >= 0.6 is 0 Å². The van der Waals surface area contributed by atoms with Crippen LogP contribution in [0.2, 0.25) is 0 Å². The summed E-state index contributed by atoms with van der Waals surface area (Å²) in [5.74, 6) is 0. The van der Waals surface area contributed by atoms with E-state index in [2.05, 4.69) is 0 Å². The van der Waals surface area contributed by atoms with Crippen LogP contribution in [0.25, 0.3) is 0 Å². The highest BCUT2D eigenvalue weighted by Gasteiger charge is 2.26. The Morgan fingerprint density at radius 1 is 1.25 bits per heavy atom. The molecule has 1 fully saturated rings. The van der Waals surface area contributed by atoms with E-state index in [1.54, 1.807) is 0 Å². The van der Waals surface area contributed by atoms with Gasteiger partial charge in [0.25, 0.3) is 0 Å². The van der Waals surface area contributed by atoms with Crippen molar-refractivity contribution in [2.75, 3.05) is 0 Å². The summed E-state index contributed by atoms with van der Waals surface area (Å²) in [7, 11) is -2.30. The maximum Gasteiger partial charge on any atom is 0.0494 e. The average molecular weight is 189 g/mol. The van der Waals surface area contributed by atoms with Gasteiger partial charge in [-0.05, 0) is 12.8 Å². The number of nitrogens with one attached hydrogen (secondary N) is 1. The zero-order valence-corrected chi connectivity index (χ0v) is 8.82. The first-order valence-electron chi connectivity index (χ1n) is 4.81. The molecule has 0 aromatic rings. The highest BCUT2D eigenvalue weighted by Crippen LogP contribution is 2.26. The van der Waals surface area contributed by atoms with Gasteiger partial charge in [-0.1, -0.05) is 33.1 Å². The zero-order valence-electron chi connectivity index (χ0n) is 8.01. The molecule has 0 aromatic heterocycles. The number of rotatable bonds is 2. The largest absolute Gasteiger partial charge is 0.252 e. The van der Waals surface area contributed by atoms with Crippen LogP contribution in [0.3, 0.4) is 0 Å². The molecule has 3 heteroatoms. The summed E-state index contributed by atoms with van der Waals surface area (Å²) in [5, 5.41) is 0.215. The fraction of sp³-hybridized carbons (Fsp3) is 1.00. The SMILES string of the molecule is CC(C)S(=N)(=O)C1CCCCC1. The third-order valence-corrected chi connectivity index (χ3v) is 5.61. The minimum Gasteiger partial charge on any atom is -0.252 e. The van der Waals surface area contributed by atoms with Crippen LogP contribution in [-0.2, 0) is 9.73 Å². The molecular weight excluding hydrogens is 170 g/mol. The van der Waals surface area contributed by atoms with E-state index >= 15 is 0 Å². The van der Waals surface area contributed by atoms with E-state index in [9.17, 15) is 4.21 Å². The highest BCUT2D eigenvalue weighted by atomic mass is 32.2. The van der Waals surface area contributed by atoms with E-state index in [0.717, 1.165) is 12.8 Å². The van der Waals surface area contributed by atoms with E-state index in [4.69, 9.17) is 4.78 Å². The molecule has 0 radical (unpaired) electrons. The Hall–Kier alpha value is -0.0500. The van der Waals surface area contributed by atoms with Gasteiger partial charge in [-0.3, -0.25) is 4.78 Å². The zero-order chi connectivity index (χ0) is 9.19. The summed E-state index contributed by atoms with van der Waals surface area (Å²) in [5.41, 5.74) is 0. The molecular formula is C9H19NOS. The second-order valence-corrected chi connectivity index (χ2v) is 6.86. The molecule has 1 aliphatic rings. The van der Waals surface area contributed by atoms with Gasteiger partial charge < -0.3 is 0 Å². The fourth-order valence-corrected chi connectivity index (χ4v) is 3.60. The molecule has 0 aliphatic heterocycles. The molecule has 0 aromatic carbocycles. The Morgan fingerprint density at radius 2 is 1.75 bits per heavy atom. The van der Waals surface area contributed by atoms with Gasteiger partial charge in [0.2, 0.25) is 0 Å². The van der Waals surface area contributed by atoms with Crippen molar-refractivity contribution >= 4 is 9.73 Å². The van der Waals surface area contributed by atoms with Gasteiger partial charge in [-0.25, -0.2) is 4.21 Å². The quantitative estimate of drug-likeness (QED) is 0.713. The predicted molar refractivity (Wildman–Crippen MR) is 52.9 cm³/mol. The van der Waals surface area contributed by atoms with Gasteiger partial charge in [0.1, 0.15) is 0 Å². The van der Waals surface area contributed by atoms with Crippen molar-refractivity contribution in [3.05, 3.63) is 0 Å². The van der Waals surface area contributed by atoms with E-state index in [1.807, 2.05) is 13.8 Å². The minimum atomic E-state index is -2.30. The van der Waals surface area contributed by atoms with Crippen molar-refractivity contribution in [3.63, 3.8) is 0 Å². The van der Waals surface area contributed by atoms with Crippen molar-refractivity contribution < 1.29 is 4.21 Å². The molecule has 2 nitrogen and oxygen atoms in total. The Bertz CT molecular complexity index is 225. The number of hydrogen-bond acceptors (Lipinski definition) is 2. The summed E-state index contributed by atoms with van der Waals surface area (Å²) in [6.07, 6.45) is 5.64. The van der Waals surface area contributed by atoms with Crippen LogP contribution in [0.15, 0.2) is 0 Å². The third kappa shape index (κ3) is 2.00. The van der Waals surface area contributed by atoms with Gasteiger partial charge in [-0.15, -0.1) is 0 Å². The summed E-state index contributed by atoms with van der Waals surface area (Å²) in [6.45, 7) is 3.81. The maximum absolute atomic E-state index is 11.9. The Balaban J connectivity index is 2.67. The second-order valence-electron chi connectivity index (χ2n) is 3.96. The first-order valence-corrected chi connectivity index (χ1v) is 6.50. The molecule has 1 unspecified atom stereocenters. The van der Waals surface area contributed by atoms with Gasteiger partial charge in [-0.2, -0.15) is 0 Å². The van der Waals surface area contributed by atoms with Gasteiger partial charge in [0.15, 0.2) is 0 Å². The van der Waals surface area contributed by atoms with Crippen molar-refractivity contribution in [3.8, 4) is 0 Å². The van der Waals surface area contributed by atoms with Crippen molar-refractivity contribution in [1.82, 2.24) is 0 Å². The first-order chi connectivity index (χ1) is 5.55. The van der Waals surface area contributed by atoms with Crippen LogP contribution in [0.4, 0.5) is 0 Å². The standard InChI is InChI=1S/C9H19NOS/c1-8(2)12(10,11)9-6-4-3-5-7-9/h8-10H,3-7H2,1-2H3. The fourth-order valence-electron chi connectivity index (χ4n) is 1.80. The molecule has 72 valence electrons. The van der Waals surface area contributed by atoms with Crippen molar-refractivity contribution in [1.29, 1.82) is 4.78 Å². The Kier molecular flexibility index (Phi) is 3.16. The summed E-state index contributed by atoms with van der Waals surface area (Å²) in [6, 6.07) is 0. The first kappa shape index (κ1) is 10.0. The topological polar surface area (TPSA) is 40.9 Å². The lowest BCUT2D eigenvalue weighted by Gasteiger charge is -2.26. The van der Waals surface area contributed by atoms with Crippen LogP contribution in [-0.4, -0.2) is 14.7 Å². The lowest BCUT2D eigenvalue weighted by Crippen LogP contribution is -2.29. The summed E-state index contributed by atoms with van der Waals surface area (Å²) >= 11 is 0. The molecule has 0 bridgehead atoms. The highest BCUT2D eigenvalue weighted by molar-refractivity contribution is 7.93. The van der Waals surface area contributed by atoms with Crippen molar-refractivity contribution in [2.24, 2.45) is 0 Å². The third-order valence-electron chi connectivity index (χ3n) is 2.75. The predicted octanol–water partition coefficient (Wildman–Crippen LogP) is 2.77. The van der Waals surface area contributed by atoms with Gasteiger partial charge in [0.05, 0.1) is 0 Å². The van der Waals surface area contributed by atoms with E-state index in [1.165, 1.54) is 19.3 Å². The summed E-state index contributed by atoms with van der Waals surface area (Å²) < 4.78 is 19.7. The van der Waals surface area contributed by atoms with Crippen LogP contribution in [0.5, 0.6) is 0 Å². The van der Waals surface area contributed by atoms with E-state index in [-0.39, 0.29) is 10.5 Å². The molecule has 1 N–H and O–H groups in total. The molecule has 1 saturated carbocycles. The molecule has 0 heterocycles. The van der Waals surface area contributed by atoms with E-state index in [0.29, 0.717) is 0 Å². The Morgan fingerprint density at radius 3 is 2.17 bits per heavy atom. The molecule has 1 rings (SSSR count). The lowest BCUT2D eigenvalue weighted by atomic mass is 10.0. The smallest absolute Gasteiger partial charge is 0.0494 e. The minimum absolute atomic E-state index is 0.0283. The van der Waals surface area contributed by atoms with Gasteiger partial charge in [0, 0.05) is 20.2 Å². The molecule has 0 amide bonds. The van der Waals surface area contributed by atoms with Crippen LogP contribution < -0.4 is 0 Å². The van der Waals surface area contributed by atoms with Crippen LogP contribution in [0, 0.1) is 4.78 Å².